The predicted octanol–water partition coefficient (Wildman–Crippen LogP) is 1.25. The van der Waals surface area contributed by atoms with Crippen LogP contribution in [0.25, 0.3) is 0 Å². The van der Waals surface area contributed by atoms with Gasteiger partial charge in [-0.25, -0.2) is 4.79 Å². The minimum atomic E-state index is -0.384. The van der Waals surface area contributed by atoms with Gasteiger partial charge in [-0.3, -0.25) is 4.79 Å². The van der Waals surface area contributed by atoms with Crippen molar-refractivity contribution in [1.82, 2.24) is 21.3 Å². The van der Waals surface area contributed by atoms with Crippen molar-refractivity contribution < 1.29 is 9.59 Å². The Bertz CT molecular complexity index is 479. The Kier molecular flexibility index (Phi) is 8.32. The van der Waals surface area contributed by atoms with E-state index in [0.717, 1.165) is 12.1 Å². The van der Waals surface area contributed by atoms with Crippen LogP contribution in [-0.2, 0) is 11.3 Å². The number of hydrogen-bond acceptors (Lipinski definition) is 3. The first kappa shape index (κ1) is 18.3. The molecule has 22 heavy (non-hydrogen) atoms. The molecule has 0 saturated carbocycles. The molecule has 1 aromatic rings. The fourth-order valence-electron chi connectivity index (χ4n) is 1.76. The standard InChI is InChI=1S/C15H23ClN4O2/c1-3-17-11(2)8-18-14(21)10-20-15(22)19-9-12-4-6-13(16)7-5-12/h4-7,11,17H,3,8-10H2,1-2H3,(H,18,21)(H2,19,20,22)/t11-/m1/s1. The van der Waals surface area contributed by atoms with Crippen molar-refractivity contribution in [3.05, 3.63) is 34.9 Å². The average molecular weight is 327 g/mol. The van der Waals surface area contributed by atoms with Gasteiger partial charge >= 0.3 is 6.03 Å². The highest BCUT2D eigenvalue weighted by molar-refractivity contribution is 6.30. The third-order valence-corrected chi connectivity index (χ3v) is 3.19. The van der Waals surface area contributed by atoms with E-state index in [4.69, 9.17) is 11.6 Å². The maximum absolute atomic E-state index is 11.6. The number of carbonyl (C=O) groups is 2. The van der Waals surface area contributed by atoms with Crippen LogP contribution < -0.4 is 21.3 Å². The summed E-state index contributed by atoms with van der Waals surface area (Å²) in [4.78, 5) is 23.2. The van der Waals surface area contributed by atoms with Gasteiger partial charge in [0.2, 0.25) is 5.91 Å². The van der Waals surface area contributed by atoms with E-state index in [-0.39, 0.29) is 24.5 Å². The van der Waals surface area contributed by atoms with Gasteiger partial charge in [-0.15, -0.1) is 0 Å². The summed E-state index contributed by atoms with van der Waals surface area (Å²) in [5, 5.41) is 11.8. The van der Waals surface area contributed by atoms with Crippen molar-refractivity contribution in [3.63, 3.8) is 0 Å². The maximum atomic E-state index is 11.6. The molecular formula is C15H23ClN4O2. The molecule has 0 aliphatic rings. The lowest BCUT2D eigenvalue weighted by Gasteiger charge is -2.13. The quantitative estimate of drug-likeness (QED) is 0.580. The van der Waals surface area contributed by atoms with Crippen LogP contribution in [0, 0.1) is 0 Å². The molecule has 1 rings (SSSR count). The van der Waals surface area contributed by atoms with E-state index in [0.29, 0.717) is 18.1 Å². The lowest BCUT2D eigenvalue weighted by molar-refractivity contribution is -0.120. The molecule has 0 aromatic heterocycles. The fourth-order valence-corrected chi connectivity index (χ4v) is 1.88. The van der Waals surface area contributed by atoms with Crippen molar-refractivity contribution in [2.24, 2.45) is 0 Å². The smallest absolute Gasteiger partial charge is 0.315 e. The normalized spacial score (nSPS) is 11.6. The van der Waals surface area contributed by atoms with Gasteiger partial charge in [-0.05, 0) is 31.2 Å². The second-order valence-corrected chi connectivity index (χ2v) is 5.36. The summed E-state index contributed by atoms with van der Waals surface area (Å²) >= 11 is 5.78. The SMILES string of the molecule is CCN[C@H](C)CNC(=O)CNC(=O)NCc1ccc(Cl)cc1. The largest absolute Gasteiger partial charge is 0.353 e. The molecular weight excluding hydrogens is 304 g/mol. The second kappa shape index (κ2) is 10.0. The fraction of sp³-hybridized carbons (Fsp3) is 0.467. The second-order valence-electron chi connectivity index (χ2n) is 4.93. The number of carbonyl (C=O) groups excluding carboxylic acids is 2. The van der Waals surface area contributed by atoms with E-state index < -0.39 is 0 Å². The van der Waals surface area contributed by atoms with E-state index in [9.17, 15) is 9.59 Å². The maximum Gasteiger partial charge on any atom is 0.315 e. The van der Waals surface area contributed by atoms with Crippen molar-refractivity contribution in [3.8, 4) is 0 Å². The van der Waals surface area contributed by atoms with Gasteiger partial charge < -0.3 is 21.3 Å². The zero-order chi connectivity index (χ0) is 16.4. The summed E-state index contributed by atoms with van der Waals surface area (Å²) in [7, 11) is 0. The molecule has 0 aliphatic carbocycles. The van der Waals surface area contributed by atoms with E-state index >= 15 is 0 Å². The molecule has 0 radical (unpaired) electrons. The van der Waals surface area contributed by atoms with Crippen molar-refractivity contribution in [2.45, 2.75) is 26.4 Å². The summed E-state index contributed by atoms with van der Waals surface area (Å²) in [5.74, 6) is -0.216. The highest BCUT2D eigenvalue weighted by Gasteiger charge is 2.06. The molecule has 6 nitrogen and oxygen atoms in total. The molecule has 0 bridgehead atoms. The van der Waals surface area contributed by atoms with Gasteiger partial charge in [0, 0.05) is 24.2 Å². The number of halogens is 1. The number of likely N-dealkylation sites (N-methyl/N-ethyl adjacent to an activating group) is 1. The first-order chi connectivity index (χ1) is 10.5. The monoisotopic (exact) mass is 326 g/mol. The molecule has 0 fully saturated rings. The van der Waals surface area contributed by atoms with Gasteiger partial charge in [0.05, 0.1) is 6.54 Å². The van der Waals surface area contributed by atoms with Crippen LogP contribution in [0.5, 0.6) is 0 Å². The summed E-state index contributed by atoms with van der Waals surface area (Å²) in [6.07, 6.45) is 0. The van der Waals surface area contributed by atoms with Gasteiger partial charge in [0.25, 0.3) is 0 Å². The minimum absolute atomic E-state index is 0.0503. The Labute approximate surface area is 136 Å². The Morgan fingerprint density at radius 2 is 1.82 bits per heavy atom. The zero-order valence-electron chi connectivity index (χ0n) is 12.9. The summed E-state index contributed by atoms with van der Waals surface area (Å²) in [6, 6.07) is 7.00. The van der Waals surface area contributed by atoms with E-state index in [1.54, 1.807) is 12.1 Å². The molecule has 0 spiro atoms. The van der Waals surface area contributed by atoms with Crippen molar-refractivity contribution >= 4 is 23.5 Å². The number of nitrogens with one attached hydrogen (secondary N) is 4. The molecule has 7 heteroatoms. The van der Waals surface area contributed by atoms with Gasteiger partial charge in [0.1, 0.15) is 0 Å². The molecule has 1 atom stereocenters. The Balaban J connectivity index is 2.17. The predicted molar refractivity (Wildman–Crippen MR) is 87.8 cm³/mol. The van der Waals surface area contributed by atoms with Crippen LogP contribution in [0.2, 0.25) is 5.02 Å². The Hall–Kier alpha value is -1.79. The molecule has 0 aliphatic heterocycles. The third kappa shape index (κ3) is 7.85. The molecule has 0 saturated heterocycles. The first-order valence-corrected chi connectivity index (χ1v) is 7.65. The number of rotatable bonds is 8. The lowest BCUT2D eigenvalue weighted by atomic mass is 10.2. The average Bonchev–Trinajstić information content (AvgIpc) is 2.50. The van der Waals surface area contributed by atoms with E-state index in [1.807, 2.05) is 26.0 Å². The summed E-state index contributed by atoms with van der Waals surface area (Å²) in [5.41, 5.74) is 0.934. The molecule has 0 heterocycles. The van der Waals surface area contributed by atoms with Crippen LogP contribution in [0.3, 0.4) is 0 Å². The molecule has 1 aromatic carbocycles. The highest BCUT2D eigenvalue weighted by atomic mass is 35.5. The summed E-state index contributed by atoms with van der Waals surface area (Å²) < 4.78 is 0. The number of amides is 3. The summed E-state index contributed by atoms with van der Waals surface area (Å²) in [6.45, 7) is 5.69. The molecule has 122 valence electrons. The van der Waals surface area contributed by atoms with Crippen molar-refractivity contribution in [1.29, 1.82) is 0 Å². The van der Waals surface area contributed by atoms with Gasteiger partial charge in [-0.1, -0.05) is 30.7 Å². The Morgan fingerprint density at radius 3 is 2.45 bits per heavy atom. The van der Waals surface area contributed by atoms with Crippen LogP contribution in [0.4, 0.5) is 4.79 Å². The zero-order valence-corrected chi connectivity index (χ0v) is 13.7. The van der Waals surface area contributed by atoms with E-state index in [2.05, 4.69) is 21.3 Å². The Morgan fingerprint density at radius 1 is 1.14 bits per heavy atom. The minimum Gasteiger partial charge on any atom is -0.353 e. The first-order valence-electron chi connectivity index (χ1n) is 7.27. The van der Waals surface area contributed by atoms with Gasteiger partial charge in [0.15, 0.2) is 0 Å². The van der Waals surface area contributed by atoms with Crippen LogP contribution >= 0.6 is 11.6 Å². The van der Waals surface area contributed by atoms with Crippen LogP contribution in [-0.4, -0.2) is 37.6 Å². The third-order valence-electron chi connectivity index (χ3n) is 2.93. The number of hydrogen-bond donors (Lipinski definition) is 4. The van der Waals surface area contributed by atoms with Crippen LogP contribution in [0.15, 0.2) is 24.3 Å². The number of urea groups is 1. The topological polar surface area (TPSA) is 82.3 Å². The van der Waals surface area contributed by atoms with Crippen molar-refractivity contribution in [2.75, 3.05) is 19.6 Å². The number of benzene rings is 1. The van der Waals surface area contributed by atoms with Gasteiger partial charge in [-0.2, -0.15) is 0 Å². The lowest BCUT2D eigenvalue weighted by Crippen LogP contribution is -2.45. The molecule has 4 N–H and O–H groups in total. The van der Waals surface area contributed by atoms with Crippen LogP contribution in [0.1, 0.15) is 19.4 Å². The van der Waals surface area contributed by atoms with E-state index in [1.165, 1.54) is 0 Å². The molecule has 0 unspecified atom stereocenters. The highest BCUT2D eigenvalue weighted by Crippen LogP contribution is 2.08. The molecule has 3 amide bonds.